The van der Waals surface area contributed by atoms with Gasteiger partial charge < -0.3 is 15.6 Å². The van der Waals surface area contributed by atoms with Gasteiger partial charge in [0.2, 0.25) is 5.91 Å². The summed E-state index contributed by atoms with van der Waals surface area (Å²) in [5.74, 6) is 2.14. The van der Waals surface area contributed by atoms with Gasteiger partial charge >= 0.3 is 0 Å². The monoisotopic (exact) mass is 430 g/mol. The van der Waals surface area contributed by atoms with Crippen LogP contribution in [-0.2, 0) is 23.4 Å². The van der Waals surface area contributed by atoms with Crippen LogP contribution >= 0.6 is 35.5 Å². The fraction of sp³-hybridized carbons (Fsp3) is 0.611. The summed E-state index contributed by atoms with van der Waals surface area (Å²) in [5, 5.41) is 6.77. The van der Waals surface area contributed by atoms with E-state index in [0.717, 1.165) is 48.2 Å². The van der Waals surface area contributed by atoms with Crippen molar-refractivity contribution in [1.29, 1.82) is 0 Å². The third-order valence-electron chi connectivity index (χ3n) is 4.51. The number of nitrogens with one attached hydrogen (secondary N) is 3. The third kappa shape index (κ3) is 5.94. The average Bonchev–Trinajstić information content (AvgIpc) is 3.01. The van der Waals surface area contributed by atoms with E-state index in [1.54, 1.807) is 23.1 Å². The van der Waals surface area contributed by atoms with Crippen molar-refractivity contribution < 1.29 is 4.79 Å². The van der Waals surface area contributed by atoms with E-state index in [2.05, 4.69) is 20.6 Å². The van der Waals surface area contributed by atoms with E-state index < -0.39 is 0 Å². The van der Waals surface area contributed by atoms with Gasteiger partial charge in [0.05, 0.1) is 11.1 Å². The molecule has 0 aliphatic heterocycles. The van der Waals surface area contributed by atoms with Crippen LogP contribution in [0.4, 0.5) is 0 Å². The predicted octanol–water partition coefficient (Wildman–Crippen LogP) is 2.63. The minimum absolute atomic E-state index is 0. The molecule has 0 aromatic carbocycles. The lowest BCUT2D eigenvalue weighted by molar-refractivity contribution is -0.120. The van der Waals surface area contributed by atoms with Gasteiger partial charge in [-0.15, -0.1) is 23.7 Å². The second kappa shape index (κ2) is 11.0. The molecule has 6 nitrogen and oxygen atoms in total. The number of thioether (sulfide) groups is 1. The number of hydrogen-bond acceptors (Lipinski definition) is 6. The largest absolute Gasteiger partial charge is 0.356 e. The highest BCUT2D eigenvalue weighted by atomic mass is 35.5. The van der Waals surface area contributed by atoms with Crippen LogP contribution in [0, 0.1) is 0 Å². The highest BCUT2D eigenvalue weighted by Crippen LogP contribution is 2.33. The average molecular weight is 431 g/mol. The maximum atomic E-state index is 12.5. The fourth-order valence-corrected chi connectivity index (χ4v) is 5.28. The van der Waals surface area contributed by atoms with Crippen molar-refractivity contribution in [1.82, 2.24) is 20.6 Å². The molecule has 2 aromatic heterocycles. The summed E-state index contributed by atoms with van der Waals surface area (Å²) in [6, 6.07) is 0. The summed E-state index contributed by atoms with van der Waals surface area (Å²) in [6.45, 7) is 1.61. The summed E-state index contributed by atoms with van der Waals surface area (Å²) in [4.78, 5) is 34.0. The molecule has 3 N–H and O–H groups in total. The smallest absolute Gasteiger partial charge is 0.259 e. The Balaban J connectivity index is 0.00000261. The van der Waals surface area contributed by atoms with Gasteiger partial charge in [0, 0.05) is 23.6 Å². The maximum absolute atomic E-state index is 12.5. The SMILES string of the molecule is CNCCCNC(=O)CCSCc1nc2sc3c(c2c(=O)[nH]1)CCCC3.Cl. The molecule has 0 radical (unpaired) electrons. The molecule has 0 spiro atoms. The van der Waals surface area contributed by atoms with E-state index >= 15 is 0 Å². The molecule has 0 fully saturated rings. The highest BCUT2D eigenvalue weighted by molar-refractivity contribution is 7.98. The van der Waals surface area contributed by atoms with Crippen LogP contribution in [0.1, 0.15) is 41.9 Å². The molecule has 9 heteroatoms. The standard InChI is InChI=1S/C18H26N4O2S2.ClH/c1-19-8-4-9-20-15(23)7-10-25-11-14-21-17(24)16-12-5-2-3-6-13(12)26-18(16)22-14;/h19H,2-11H2,1H3,(H,20,23)(H,21,22,24);1H. The molecule has 2 heterocycles. The summed E-state index contributed by atoms with van der Waals surface area (Å²) in [5.41, 5.74) is 1.21. The Bertz CT molecular complexity index is 822. The van der Waals surface area contributed by atoms with Gasteiger partial charge in [0.15, 0.2) is 0 Å². The topological polar surface area (TPSA) is 86.9 Å². The minimum atomic E-state index is -0.00715. The van der Waals surface area contributed by atoms with E-state index in [1.807, 2.05) is 7.05 Å². The van der Waals surface area contributed by atoms with E-state index in [1.165, 1.54) is 16.9 Å². The Hall–Kier alpha value is -1.09. The van der Waals surface area contributed by atoms with Gasteiger partial charge in [0.1, 0.15) is 10.7 Å². The van der Waals surface area contributed by atoms with Crippen LogP contribution in [0.2, 0.25) is 0 Å². The molecule has 0 saturated heterocycles. The molecule has 0 atom stereocenters. The molecule has 3 rings (SSSR count). The maximum Gasteiger partial charge on any atom is 0.259 e. The van der Waals surface area contributed by atoms with E-state index in [0.29, 0.717) is 24.5 Å². The number of thiophene rings is 1. The lowest BCUT2D eigenvalue weighted by Crippen LogP contribution is -2.26. The molecule has 1 aliphatic carbocycles. The molecule has 150 valence electrons. The normalized spacial score (nSPS) is 13.2. The lowest BCUT2D eigenvalue weighted by atomic mass is 9.97. The van der Waals surface area contributed by atoms with Crippen molar-refractivity contribution in [2.45, 2.75) is 44.3 Å². The molecule has 27 heavy (non-hydrogen) atoms. The number of rotatable bonds is 9. The molecule has 0 unspecified atom stereocenters. The van der Waals surface area contributed by atoms with E-state index in [9.17, 15) is 9.59 Å². The predicted molar refractivity (Wildman–Crippen MR) is 116 cm³/mol. The summed E-state index contributed by atoms with van der Waals surface area (Å²) in [6.07, 6.45) is 5.86. The molecular formula is C18H27ClN4O2S2. The minimum Gasteiger partial charge on any atom is -0.356 e. The van der Waals surface area contributed by atoms with Crippen molar-refractivity contribution in [3.63, 3.8) is 0 Å². The molecule has 1 amide bonds. The Morgan fingerprint density at radius 1 is 1.30 bits per heavy atom. The van der Waals surface area contributed by atoms with Crippen LogP contribution in [-0.4, -0.2) is 41.8 Å². The molecule has 0 bridgehead atoms. The third-order valence-corrected chi connectivity index (χ3v) is 6.67. The van der Waals surface area contributed by atoms with Crippen molar-refractivity contribution in [2.75, 3.05) is 25.9 Å². The van der Waals surface area contributed by atoms with Crippen LogP contribution in [0.25, 0.3) is 10.2 Å². The summed E-state index contributed by atoms with van der Waals surface area (Å²) in [7, 11) is 1.90. The van der Waals surface area contributed by atoms with Crippen LogP contribution in [0.3, 0.4) is 0 Å². The second-order valence-corrected chi connectivity index (χ2v) is 8.70. The first-order chi connectivity index (χ1) is 12.7. The van der Waals surface area contributed by atoms with Crippen molar-refractivity contribution in [3.05, 3.63) is 26.6 Å². The number of H-pyrrole nitrogens is 1. The van der Waals surface area contributed by atoms with Gasteiger partial charge in [-0.3, -0.25) is 9.59 Å². The van der Waals surface area contributed by atoms with Crippen LogP contribution in [0.15, 0.2) is 4.79 Å². The van der Waals surface area contributed by atoms with E-state index in [-0.39, 0.29) is 23.9 Å². The number of aromatic amines is 1. The first-order valence-electron chi connectivity index (χ1n) is 9.21. The number of hydrogen-bond donors (Lipinski definition) is 3. The number of aryl methyl sites for hydroxylation is 2. The Kier molecular flexibility index (Phi) is 9.08. The van der Waals surface area contributed by atoms with Crippen molar-refractivity contribution in [3.8, 4) is 0 Å². The molecule has 2 aromatic rings. The Labute approximate surface area is 173 Å². The summed E-state index contributed by atoms with van der Waals surface area (Å²) < 4.78 is 0. The van der Waals surface area contributed by atoms with Crippen LogP contribution in [0.5, 0.6) is 0 Å². The number of halogens is 1. The zero-order valence-corrected chi connectivity index (χ0v) is 18.0. The second-order valence-electron chi connectivity index (χ2n) is 6.51. The zero-order valence-electron chi connectivity index (χ0n) is 15.6. The summed E-state index contributed by atoms with van der Waals surface area (Å²) >= 11 is 3.30. The van der Waals surface area contributed by atoms with Gasteiger partial charge in [-0.2, -0.15) is 11.8 Å². The molecular weight excluding hydrogens is 404 g/mol. The van der Waals surface area contributed by atoms with Gasteiger partial charge in [-0.25, -0.2) is 4.98 Å². The number of fused-ring (bicyclic) bond motifs is 3. The lowest BCUT2D eigenvalue weighted by Gasteiger charge is -2.09. The highest BCUT2D eigenvalue weighted by Gasteiger charge is 2.19. The first kappa shape index (κ1) is 22.2. The first-order valence-corrected chi connectivity index (χ1v) is 11.2. The zero-order chi connectivity index (χ0) is 18.4. The van der Waals surface area contributed by atoms with E-state index in [4.69, 9.17) is 0 Å². The Morgan fingerprint density at radius 3 is 2.93 bits per heavy atom. The number of aromatic nitrogens is 2. The number of nitrogens with zero attached hydrogens (tertiary/aromatic N) is 1. The van der Waals surface area contributed by atoms with Gasteiger partial charge in [0.25, 0.3) is 5.56 Å². The molecule has 1 aliphatic rings. The van der Waals surface area contributed by atoms with Gasteiger partial charge in [-0.05, 0) is 51.3 Å². The molecule has 0 saturated carbocycles. The Morgan fingerprint density at radius 2 is 2.11 bits per heavy atom. The fourth-order valence-electron chi connectivity index (χ4n) is 3.19. The number of carbonyl (C=O) groups is 1. The van der Waals surface area contributed by atoms with Crippen LogP contribution < -0.4 is 16.2 Å². The number of amides is 1. The van der Waals surface area contributed by atoms with Crippen molar-refractivity contribution >= 4 is 51.6 Å². The number of carbonyl (C=O) groups excluding carboxylic acids is 1. The van der Waals surface area contributed by atoms with Crippen molar-refractivity contribution in [2.24, 2.45) is 0 Å². The quantitative estimate of drug-likeness (QED) is 0.532. The van der Waals surface area contributed by atoms with Gasteiger partial charge in [-0.1, -0.05) is 0 Å².